The molecule has 5 rings (SSSR count). The zero-order valence-corrected chi connectivity index (χ0v) is 19.3. The van der Waals surface area contributed by atoms with Crippen molar-refractivity contribution in [2.75, 3.05) is 44.2 Å². The van der Waals surface area contributed by atoms with Gasteiger partial charge in [0.15, 0.2) is 0 Å². The number of halogens is 1. The fourth-order valence-electron chi connectivity index (χ4n) is 4.11. The smallest absolute Gasteiger partial charge is 0.311 e. The second-order valence-corrected chi connectivity index (χ2v) is 10.4. The predicted octanol–water partition coefficient (Wildman–Crippen LogP) is 2.47. The molecule has 12 heteroatoms. The number of rotatable bonds is 5. The highest BCUT2D eigenvalue weighted by molar-refractivity contribution is 7.89. The second kappa shape index (κ2) is 8.81. The summed E-state index contributed by atoms with van der Waals surface area (Å²) in [6.07, 6.45) is 3.32. The first kappa shape index (κ1) is 21.9. The Bertz CT molecular complexity index is 1240. The molecule has 1 amide bonds. The minimum atomic E-state index is -3.69. The van der Waals surface area contributed by atoms with Crippen molar-refractivity contribution in [2.24, 2.45) is 0 Å². The van der Waals surface area contributed by atoms with Gasteiger partial charge in [0.05, 0.1) is 0 Å². The highest BCUT2D eigenvalue weighted by Gasteiger charge is 2.30. The molecule has 174 valence electrons. The number of nitrogens with one attached hydrogen (secondary N) is 1. The van der Waals surface area contributed by atoms with Gasteiger partial charge in [0.25, 0.3) is 5.89 Å². The Kier molecular flexibility index (Phi) is 5.85. The van der Waals surface area contributed by atoms with E-state index in [-0.39, 0.29) is 22.6 Å². The normalized spacial score (nSPS) is 17.6. The molecule has 0 radical (unpaired) electrons. The maximum Gasteiger partial charge on any atom is 0.311 e. The lowest BCUT2D eigenvalue weighted by Crippen LogP contribution is -2.48. The predicted molar refractivity (Wildman–Crippen MR) is 122 cm³/mol. The van der Waals surface area contributed by atoms with E-state index in [1.807, 2.05) is 24.3 Å². The molecule has 0 aliphatic carbocycles. The van der Waals surface area contributed by atoms with Crippen molar-refractivity contribution in [3.8, 4) is 11.6 Å². The third kappa shape index (κ3) is 4.35. The minimum Gasteiger partial charge on any atom is -0.411 e. The van der Waals surface area contributed by atoms with E-state index < -0.39 is 10.0 Å². The summed E-state index contributed by atoms with van der Waals surface area (Å²) in [5.74, 6) is -0.319. The van der Waals surface area contributed by atoms with Crippen molar-refractivity contribution in [2.45, 2.75) is 17.7 Å². The second-order valence-electron chi connectivity index (χ2n) is 8.03. The molecule has 2 aliphatic rings. The molecule has 1 N–H and O–H groups in total. The van der Waals surface area contributed by atoms with Crippen molar-refractivity contribution < 1.29 is 17.6 Å². The number of hydrogen-bond acceptors (Lipinski definition) is 7. The highest BCUT2D eigenvalue weighted by atomic mass is 35.5. The summed E-state index contributed by atoms with van der Waals surface area (Å²) in [6, 6.07) is 8.96. The van der Waals surface area contributed by atoms with Crippen LogP contribution in [0.15, 0.2) is 45.8 Å². The molecule has 0 spiro atoms. The van der Waals surface area contributed by atoms with E-state index in [1.54, 1.807) is 4.90 Å². The summed E-state index contributed by atoms with van der Waals surface area (Å²) >= 11 is 5.95. The number of piperazine rings is 1. The lowest BCUT2D eigenvalue weighted by atomic mass is 10.2. The number of aromatic nitrogens is 3. The van der Waals surface area contributed by atoms with Gasteiger partial charge in [-0.3, -0.25) is 4.79 Å². The maximum absolute atomic E-state index is 13.1. The van der Waals surface area contributed by atoms with Crippen molar-refractivity contribution >= 4 is 33.2 Å². The summed E-state index contributed by atoms with van der Waals surface area (Å²) < 4.78 is 33.3. The summed E-state index contributed by atoms with van der Waals surface area (Å²) in [6.45, 7) is 3.22. The number of carbonyl (C=O) groups excluding carboxylic acids is 1. The van der Waals surface area contributed by atoms with E-state index in [2.05, 4.69) is 20.1 Å². The molecular weight excluding hydrogens is 468 g/mol. The van der Waals surface area contributed by atoms with E-state index >= 15 is 0 Å². The maximum atomic E-state index is 13.1. The number of likely N-dealkylation sites (tertiary alicyclic amines) is 1. The van der Waals surface area contributed by atoms with Gasteiger partial charge in [-0.05, 0) is 43.2 Å². The van der Waals surface area contributed by atoms with E-state index in [0.29, 0.717) is 50.0 Å². The van der Waals surface area contributed by atoms with Gasteiger partial charge in [0.2, 0.25) is 10.0 Å². The van der Waals surface area contributed by atoms with Crippen molar-refractivity contribution in [3.05, 3.63) is 47.4 Å². The highest BCUT2D eigenvalue weighted by Crippen LogP contribution is 2.26. The van der Waals surface area contributed by atoms with E-state index in [0.717, 1.165) is 18.5 Å². The third-order valence-electron chi connectivity index (χ3n) is 5.96. The van der Waals surface area contributed by atoms with Crippen molar-refractivity contribution in [1.29, 1.82) is 0 Å². The summed E-state index contributed by atoms with van der Waals surface area (Å²) in [4.78, 5) is 19.2. The molecule has 2 aliphatic heterocycles. The molecule has 4 heterocycles. The van der Waals surface area contributed by atoms with Crippen LogP contribution in [-0.4, -0.2) is 78.0 Å². The van der Waals surface area contributed by atoms with E-state index in [4.69, 9.17) is 16.0 Å². The Labute approximate surface area is 196 Å². The van der Waals surface area contributed by atoms with Crippen LogP contribution in [0.1, 0.15) is 23.5 Å². The standard InChI is InChI=1S/C21H23ClN6O4S/c22-15-3-5-16(6-4-15)26-9-11-28(12-10-26)33(30,31)17-13-18(23-14-17)19-24-25-20(32-19)21(29)27-7-1-2-8-27/h3-6,13-14,23H,1-2,7-12H2. The quantitative estimate of drug-likeness (QED) is 0.584. The number of hydrogen-bond donors (Lipinski definition) is 1. The molecule has 2 saturated heterocycles. The van der Waals surface area contributed by atoms with Crippen LogP contribution in [-0.2, 0) is 10.0 Å². The van der Waals surface area contributed by atoms with Gasteiger partial charge in [-0.25, -0.2) is 8.42 Å². The van der Waals surface area contributed by atoms with Crippen LogP contribution < -0.4 is 4.90 Å². The van der Waals surface area contributed by atoms with Gasteiger partial charge in [0, 0.05) is 56.2 Å². The number of anilines is 1. The van der Waals surface area contributed by atoms with Crippen molar-refractivity contribution in [3.63, 3.8) is 0 Å². The Hall–Kier alpha value is -2.89. The SMILES string of the molecule is O=C(c1nnc(-c2cc(S(=O)(=O)N3CCN(c4ccc(Cl)cc4)CC3)c[nH]2)o1)N1CCCC1. The average molecular weight is 491 g/mol. The number of carbonyl (C=O) groups is 1. The van der Waals surface area contributed by atoms with Crippen LogP contribution in [0, 0.1) is 0 Å². The monoisotopic (exact) mass is 490 g/mol. The first-order valence-electron chi connectivity index (χ1n) is 10.7. The topological polar surface area (TPSA) is 116 Å². The number of benzene rings is 1. The first-order valence-corrected chi connectivity index (χ1v) is 12.6. The Morgan fingerprint density at radius 2 is 1.70 bits per heavy atom. The largest absolute Gasteiger partial charge is 0.411 e. The number of aromatic amines is 1. The molecule has 2 fully saturated rings. The Morgan fingerprint density at radius 3 is 2.39 bits per heavy atom. The lowest BCUT2D eigenvalue weighted by molar-refractivity contribution is 0.0754. The number of H-pyrrole nitrogens is 1. The lowest BCUT2D eigenvalue weighted by Gasteiger charge is -2.35. The molecule has 0 bridgehead atoms. The van der Waals surface area contributed by atoms with Gasteiger partial charge in [-0.15, -0.1) is 10.2 Å². The van der Waals surface area contributed by atoms with Crippen LogP contribution in [0.25, 0.3) is 11.6 Å². The number of amides is 1. The molecule has 0 atom stereocenters. The first-order chi connectivity index (χ1) is 15.9. The minimum absolute atomic E-state index is 0.0755. The molecule has 3 aromatic rings. The van der Waals surface area contributed by atoms with Gasteiger partial charge < -0.3 is 19.2 Å². The number of nitrogens with zero attached hydrogens (tertiary/aromatic N) is 5. The van der Waals surface area contributed by atoms with Crippen molar-refractivity contribution in [1.82, 2.24) is 24.4 Å². The van der Waals surface area contributed by atoms with Crippen LogP contribution in [0.2, 0.25) is 5.02 Å². The molecular formula is C21H23ClN6O4S. The van der Waals surface area contributed by atoms with E-state index in [9.17, 15) is 13.2 Å². The molecule has 0 unspecified atom stereocenters. The number of sulfonamides is 1. The zero-order chi connectivity index (χ0) is 23.0. The molecule has 10 nitrogen and oxygen atoms in total. The Morgan fingerprint density at radius 1 is 1.00 bits per heavy atom. The molecule has 1 aromatic carbocycles. The molecule has 0 saturated carbocycles. The van der Waals surface area contributed by atoms with Crippen LogP contribution in [0.5, 0.6) is 0 Å². The van der Waals surface area contributed by atoms with Gasteiger partial charge in [-0.1, -0.05) is 11.6 Å². The third-order valence-corrected chi connectivity index (χ3v) is 8.08. The van der Waals surface area contributed by atoms with Crippen LogP contribution in [0.3, 0.4) is 0 Å². The van der Waals surface area contributed by atoms with Gasteiger partial charge in [-0.2, -0.15) is 4.31 Å². The fraction of sp³-hybridized carbons (Fsp3) is 0.381. The summed E-state index contributed by atoms with van der Waals surface area (Å²) in [5, 5.41) is 8.42. The summed E-state index contributed by atoms with van der Waals surface area (Å²) in [5.41, 5.74) is 1.36. The van der Waals surface area contributed by atoms with Gasteiger partial charge in [0.1, 0.15) is 10.6 Å². The average Bonchev–Trinajstić information content (AvgIpc) is 3.61. The summed E-state index contributed by atoms with van der Waals surface area (Å²) in [7, 11) is -3.69. The fourth-order valence-corrected chi connectivity index (χ4v) is 5.65. The zero-order valence-electron chi connectivity index (χ0n) is 17.8. The van der Waals surface area contributed by atoms with E-state index in [1.165, 1.54) is 16.6 Å². The molecule has 2 aromatic heterocycles. The molecule has 33 heavy (non-hydrogen) atoms. The van der Waals surface area contributed by atoms with Crippen LogP contribution in [0.4, 0.5) is 5.69 Å². The Balaban J connectivity index is 1.26. The van der Waals surface area contributed by atoms with Gasteiger partial charge >= 0.3 is 11.8 Å². The van der Waals surface area contributed by atoms with Crippen LogP contribution >= 0.6 is 11.6 Å².